The van der Waals surface area contributed by atoms with E-state index in [1.54, 1.807) is 0 Å². The Labute approximate surface area is 103 Å². The van der Waals surface area contributed by atoms with Crippen LogP contribution in [0.25, 0.3) is 0 Å². The summed E-state index contributed by atoms with van der Waals surface area (Å²) in [6, 6.07) is 0. The number of allylic oxidation sites excluding steroid dienone is 1. The second-order valence-electron chi connectivity index (χ2n) is 3.42. The number of hydrogen-bond acceptors (Lipinski definition) is 1. The second-order valence-corrected chi connectivity index (χ2v) is 7.18. The molecule has 0 radical (unpaired) electrons. The van der Waals surface area contributed by atoms with Crippen LogP contribution in [0.4, 0.5) is 0 Å². The Morgan fingerprint density at radius 3 is 2.31 bits per heavy atom. The van der Waals surface area contributed by atoms with E-state index in [4.69, 9.17) is 5.11 Å². The number of aliphatic carboxylic acids is 1. The summed E-state index contributed by atoms with van der Waals surface area (Å²) in [5.74, 6) is -0.784. The van der Waals surface area contributed by atoms with Gasteiger partial charge in [0.05, 0.1) is 9.81 Å². The lowest BCUT2D eigenvalue weighted by atomic mass is 9.86. The van der Waals surface area contributed by atoms with Crippen molar-refractivity contribution in [3.8, 4) is 0 Å². The van der Waals surface area contributed by atoms with Crippen molar-refractivity contribution in [2.75, 3.05) is 0 Å². The minimum Gasteiger partial charge on any atom is -0.481 e. The molecule has 5 heteroatoms. The van der Waals surface area contributed by atoms with Gasteiger partial charge in [-0.2, -0.15) is 0 Å². The van der Waals surface area contributed by atoms with Gasteiger partial charge in [-0.05, 0) is 43.4 Å². The van der Waals surface area contributed by atoms with Gasteiger partial charge in [-0.25, -0.2) is 0 Å². The van der Waals surface area contributed by atoms with Crippen LogP contribution in [0.15, 0.2) is 9.47 Å². The highest BCUT2D eigenvalue weighted by atomic mass is 79.9. The molecule has 0 aromatic rings. The third-order valence-corrected chi connectivity index (χ3v) is 3.66. The van der Waals surface area contributed by atoms with E-state index in [2.05, 4.69) is 47.8 Å². The summed E-state index contributed by atoms with van der Waals surface area (Å²) in [7, 11) is 0. The number of rotatable bonds is 4. The smallest absolute Gasteiger partial charge is 0.303 e. The molecule has 0 rings (SSSR count). The first kappa shape index (κ1) is 13.7. The van der Waals surface area contributed by atoms with Gasteiger partial charge in [0.15, 0.2) is 0 Å². The molecule has 0 aromatic carbocycles. The average Bonchev–Trinajstić information content (AvgIpc) is 1.81. The summed E-state index contributed by atoms with van der Waals surface area (Å²) in [6.07, 6.45) is 2.01. The lowest BCUT2D eigenvalue weighted by Gasteiger charge is -2.26. The van der Waals surface area contributed by atoms with Gasteiger partial charge in [-0.1, -0.05) is 29.8 Å². The largest absolute Gasteiger partial charge is 0.481 e. The average molecular weight is 379 g/mol. The molecule has 1 atom stereocenters. The minimum atomic E-state index is -0.784. The fourth-order valence-corrected chi connectivity index (χ4v) is 2.49. The highest BCUT2D eigenvalue weighted by Crippen LogP contribution is 2.33. The van der Waals surface area contributed by atoms with Crippen molar-refractivity contribution in [1.29, 1.82) is 0 Å². The highest BCUT2D eigenvalue weighted by Gasteiger charge is 2.28. The van der Waals surface area contributed by atoms with Crippen LogP contribution in [0, 0.1) is 5.41 Å². The van der Waals surface area contributed by atoms with Crippen molar-refractivity contribution >= 4 is 53.8 Å². The normalized spacial score (nSPS) is 13.6. The SMILES string of the molecule is CC(C)(CC(=O)O)C(Br)C=C(Br)Br. The molecule has 0 amide bonds. The standard InChI is InChI=1S/C8H11Br3O2/c1-8(2,4-7(12)13)5(9)3-6(10)11/h3,5H,4H2,1-2H3,(H,12,13). The van der Waals surface area contributed by atoms with Crippen LogP contribution < -0.4 is 0 Å². The molecule has 1 unspecified atom stereocenters. The van der Waals surface area contributed by atoms with Crippen molar-refractivity contribution < 1.29 is 9.90 Å². The molecule has 0 saturated heterocycles. The van der Waals surface area contributed by atoms with Crippen molar-refractivity contribution in [3.63, 3.8) is 0 Å². The Kier molecular flexibility index (Phi) is 5.79. The van der Waals surface area contributed by atoms with Crippen LogP contribution >= 0.6 is 47.8 Å². The number of alkyl halides is 1. The van der Waals surface area contributed by atoms with E-state index in [9.17, 15) is 4.79 Å². The lowest BCUT2D eigenvalue weighted by molar-refractivity contribution is -0.139. The van der Waals surface area contributed by atoms with E-state index in [1.165, 1.54) is 0 Å². The highest BCUT2D eigenvalue weighted by molar-refractivity contribution is 9.28. The molecular weight excluding hydrogens is 368 g/mol. The number of halogens is 3. The van der Waals surface area contributed by atoms with E-state index in [0.29, 0.717) is 0 Å². The van der Waals surface area contributed by atoms with E-state index < -0.39 is 5.97 Å². The van der Waals surface area contributed by atoms with Gasteiger partial charge in [0.1, 0.15) is 0 Å². The Bertz CT molecular complexity index is 219. The monoisotopic (exact) mass is 376 g/mol. The van der Waals surface area contributed by atoms with E-state index in [1.807, 2.05) is 19.9 Å². The fraction of sp³-hybridized carbons (Fsp3) is 0.625. The van der Waals surface area contributed by atoms with Gasteiger partial charge in [0.25, 0.3) is 0 Å². The topological polar surface area (TPSA) is 37.3 Å². The summed E-state index contributed by atoms with van der Waals surface area (Å²) >= 11 is 9.90. The Morgan fingerprint density at radius 1 is 1.54 bits per heavy atom. The van der Waals surface area contributed by atoms with Gasteiger partial charge < -0.3 is 5.11 Å². The van der Waals surface area contributed by atoms with Crippen molar-refractivity contribution in [2.45, 2.75) is 25.1 Å². The predicted octanol–water partition coefficient (Wildman–Crippen LogP) is 3.88. The maximum atomic E-state index is 10.5. The zero-order chi connectivity index (χ0) is 10.6. The maximum absolute atomic E-state index is 10.5. The van der Waals surface area contributed by atoms with Gasteiger partial charge in [0, 0.05) is 4.83 Å². The second kappa shape index (κ2) is 5.51. The predicted molar refractivity (Wildman–Crippen MR) is 64.7 cm³/mol. The molecule has 0 aromatic heterocycles. The molecule has 0 bridgehead atoms. The first-order chi connectivity index (χ1) is 5.75. The van der Waals surface area contributed by atoms with Gasteiger partial charge in [-0.3, -0.25) is 4.79 Å². The summed E-state index contributed by atoms with van der Waals surface area (Å²) in [6.45, 7) is 3.81. The van der Waals surface area contributed by atoms with Gasteiger partial charge in [-0.15, -0.1) is 0 Å². The van der Waals surface area contributed by atoms with Crippen LogP contribution in [-0.2, 0) is 4.79 Å². The zero-order valence-electron chi connectivity index (χ0n) is 7.35. The minimum absolute atomic E-state index is 0.0184. The van der Waals surface area contributed by atoms with Crippen molar-refractivity contribution in [1.82, 2.24) is 0 Å². The quantitative estimate of drug-likeness (QED) is 0.754. The third-order valence-electron chi connectivity index (χ3n) is 1.63. The number of carboxylic acid groups (broad SMARTS) is 1. The van der Waals surface area contributed by atoms with Gasteiger partial charge >= 0.3 is 5.97 Å². The summed E-state index contributed by atoms with van der Waals surface area (Å²) in [5.41, 5.74) is -0.307. The maximum Gasteiger partial charge on any atom is 0.303 e. The number of carbonyl (C=O) groups is 1. The molecule has 0 saturated carbocycles. The van der Waals surface area contributed by atoms with Crippen LogP contribution in [0.3, 0.4) is 0 Å². The third kappa shape index (κ3) is 5.86. The van der Waals surface area contributed by atoms with Crippen LogP contribution in [0.2, 0.25) is 0 Å². The molecule has 1 N–H and O–H groups in total. The molecule has 76 valence electrons. The molecule has 13 heavy (non-hydrogen) atoms. The molecular formula is C8H11Br3O2. The summed E-state index contributed by atoms with van der Waals surface area (Å²) in [4.78, 5) is 10.6. The lowest BCUT2D eigenvalue weighted by Crippen LogP contribution is -2.26. The molecule has 0 fully saturated rings. The Hall–Kier alpha value is 0.650. The Balaban J connectivity index is 4.44. The molecule has 2 nitrogen and oxygen atoms in total. The molecule has 0 aliphatic rings. The Morgan fingerprint density at radius 2 is 2.00 bits per heavy atom. The van der Waals surface area contributed by atoms with E-state index in [-0.39, 0.29) is 16.7 Å². The van der Waals surface area contributed by atoms with Crippen LogP contribution in [0.1, 0.15) is 20.3 Å². The first-order valence-electron chi connectivity index (χ1n) is 3.64. The zero-order valence-corrected chi connectivity index (χ0v) is 12.1. The van der Waals surface area contributed by atoms with Crippen molar-refractivity contribution in [3.05, 3.63) is 9.47 Å². The molecule has 0 aliphatic heterocycles. The number of hydrogen-bond donors (Lipinski definition) is 1. The summed E-state index contributed by atoms with van der Waals surface area (Å²) in [5, 5.41) is 8.67. The fourth-order valence-electron chi connectivity index (χ4n) is 0.823. The van der Waals surface area contributed by atoms with E-state index >= 15 is 0 Å². The van der Waals surface area contributed by atoms with Gasteiger partial charge in [0.2, 0.25) is 0 Å². The van der Waals surface area contributed by atoms with Crippen molar-refractivity contribution in [2.24, 2.45) is 5.41 Å². The number of carboxylic acids is 1. The van der Waals surface area contributed by atoms with Crippen LogP contribution in [0.5, 0.6) is 0 Å². The summed E-state index contributed by atoms with van der Waals surface area (Å²) < 4.78 is 0.820. The molecule has 0 aliphatic carbocycles. The first-order valence-corrected chi connectivity index (χ1v) is 6.14. The molecule has 0 spiro atoms. The van der Waals surface area contributed by atoms with Crippen LogP contribution in [-0.4, -0.2) is 15.9 Å². The molecule has 0 heterocycles. The van der Waals surface area contributed by atoms with E-state index in [0.717, 1.165) is 3.39 Å².